The SMILES string of the molecule is C[C@H](C(=O)N1CCSCC1)n1cncn1. The summed E-state index contributed by atoms with van der Waals surface area (Å²) < 4.78 is 1.60. The predicted octanol–water partition coefficient (Wildman–Crippen LogP) is 0.415. The third-order valence-corrected chi connectivity index (χ3v) is 3.46. The number of carbonyl (C=O) groups is 1. The van der Waals surface area contributed by atoms with Gasteiger partial charge in [0, 0.05) is 24.6 Å². The molecule has 82 valence electrons. The summed E-state index contributed by atoms with van der Waals surface area (Å²) in [7, 11) is 0. The first kappa shape index (κ1) is 10.5. The molecule has 15 heavy (non-hydrogen) atoms. The van der Waals surface area contributed by atoms with Crippen molar-refractivity contribution in [2.75, 3.05) is 24.6 Å². The molecule has 0 aromatic carbocycles. The van der Waals surface area contributed by atoms with E-state index in [9.17, 15) is 4.79 Å². The summed E-state index contributed by atoms with van der Waals surface area (Å²) in [6.45, 7) is 3.56. The molecule has 1 atom stereocenters. The maximum absolute atomic E-state index is 12.0. The van der Waals surface area contributed by atoms with Gasteiger partial charge >= 0.3 is 0 Å². The lowest BCUT2D eigenvalue weighted by molar-refractivity contribution is -0.134. The van der Waals surface area contributed by atoms with Crippen molar-refractivity contribution in [2.24, 2.45) is 0 Å². The van der Waals surface area contributed by atoms with E-state index in [1.165, 1.54) is 6.33 Å². The highest BCUT2D eigenvalue weighted by Crippen LogP contribution is 2.14. The zero-order valence-corrected chi connectivity index (χ0v) is 9.48. The van der Waals surface area contributed by atoms with Crippen LogP contribution in [0.1, 0.15) is 13.0 Å². The van der Waals surface area contributed by atoms with Gasteiger partial charge in [-0.05, 0) is 6.92 Å². The molecule has 0 saturated carbocycles. The van der Waals surface area contributed by atoms with E-state index in [1.54, 1.807) is 11.0 Å². The van der Waals surface area contributed by atoms with Gasteiger partial charge < -0.3 is 4.90 Å². The average molecular weight is 226 g/mol. The Bertz CT molecular complexity index is 321. The van der Waals surface area contributed by atoms with Crippen molar-refractivity contribution in [3.8, 4) is 0 Å². The fourth-order valence-corrected chi connectivity index (χ4v) is 2.48. The van der Waals surface area contributed by atoms with Crippen LogP contribution in [0, 0.1) is 0 Å². The number of nitrogens with zero attached hydrogens (tertiary/aromatic N) is 4. The number of hydrogen-bond acceptors (Lipinski definition) is 4. The lowest BCUT2D eigenvalue weighted by Gasteiger charge is -2.28. The van der Waals surface area contributed by atoms with Crippen molar-refractivity contribution in [1.29, 1.82) is 0 Å². The minimum atomic E-state index is -0.240. The van der Waals surface area contributed by atoms with E-state index in [0.29, 0.717) is 0 Å². The first-order chi connectivity index (χ1) is 7.29. The van der Waals surface area contributed by atoms with Crippen LogP contribution in [0.2, 0.25) is 0 Å². The molecule has 1 aromatic heterocycles. The van der Waals surface area contributed by atoms with Crippen molar-refractivity contribution in [2.45, 2.75) is 13.0 Å². The predicted molar refractivity (Wildman–Crippen MR) is 58.6 cm³/mol. The van der Waals surface area contributed by atoms with Crippen molar-refractivity contribution in [3.05, 3.63) is 12.7 Å². The monoisotopic (exact) mass is 226 g/mol. The van der Waals surface area contributed by atoms with E-state index in [0.717, 1.165) is 24.6 Å². The highest BCUT2D eigenvalue weighted by Gasteiger charge is 2.23. The molecular formula is C9H14N4OS. The third kappa shape index (κ3) is 2.31. The van der Waals surface area contributed by atoms with Gasteiger partial charge in [-0.25, -0.2) is 9.67 Å². The Balaban J connectivity index is 2.00. The van der Waals surface area contributed by atoms with E-state index >= 15 is 0 Å². The minimum Gasteiger partial charge on any atom is -0.339 e. The largest absolute Gasteiger partial charge is 0.339 e. The topological polar surface area (TPSA) is 51.0 Å². The van der Waals surface area contributed by atoms with Crippen LogP contribution in [0.15, 0.2) is 12.7 Å². The second kappa shape index (κ2) is 4.65. The van der Waals surface area contributed by atoms with Gasteiger partial charge in [0.15, 0.2) is 0 Å². The lowest BCUT2D eigenvalue weighted by atomic mass is 10.3. The molecule has 0 bridgehead atoms. The number of thioether (sulfide) groups is 1. The molecule has 0 radical (unpaired) electrons. The molecule has 1 aromatic rings. The maximum atomic E-state index is 12.0. The smallest absolute Gasteiger partial charge is 0.247 e. The molecule has 1 aliphatic rings. The Morgan fingerprint density at radius 3 is 2.80 bits per heavy atom. The molecule has 1 amide bonds. The summed E-state index contributed by atoms with van der Waals surface area (Å²) in [6.07, 6.45) is 3.04. The van der Waals surface area contributed by atoms with Gasteiger partial charge in [-0.15, -0.1) is 0 Å². The van der Waals surface area contributed by atoms with Gasteiger partial charge in [0.05, 0.1) is 0 Å². The second-order valence-corrected chi connectivity index (χ2v) is 4.71. The summed E-state index contributed by atoms with van der Waals surface area (Å²) >= 11 is 1.90. The van der Waals surface area contributed by atoms with Crippen LogP contribution in [0.4, 0.5) is 0 Å². The summed E-state index contributed by atoms with van der Waals surface area (Å²) in [6, 6.07) is -0.240. The molecule has 6 heteroatoms. The number of hydrogen-bond donors (Lipinski definition) is 0. The van der Waals surface area contributed by atoms with Crippen molar-refractivity contribution < 1.29 is 4.79 Å². The Morgan fingerprint density at radius 1 is 1.47 bits per heavy atom. The van der Waals surface area contributed by atoms with Crippen molar-refractivity contribution in [1.82, 2.24) is 19.7 Å². The molecule has 0 spiro atoms. The third-order valence-electron chi connectivity index (χ3n) is 2.51. The molecule has 2 rings (SSSR count). The van der Waals surface area contributed by atoms with Gasteiger partial charge in [-0.2, -0.15) is 16.9 Å². The number of amides is 1. The fourth-order valence-electron chi connectivity index (χ4n) is 1.58. The molecule has 2 heterocycles. The fraction of sp³-hybridized carbons (Fsp3) is 0.667. The number of carbonyl (C=O) groups excluding carboxylic acids is 1. The highest BCUT2D eigenvalue weighted by atomic mass is 32.2. The van der Waals surface area contributed by atoms with Crippen LogP contribution in [0.5, 0.6) is 0 Å². The van der Waals surface area contributed by atoms with Crippen LogP contribution >= 0.6 is 11.8 Å². The van der Waals surface area contributed by atoms with Crippen molar-refractivity contribution in [3.63, 3.8) is 0 Å². The van der Waals surface area contributed by atoms with E-state index in [1.807, 2.05) is 23.6 Å². The van der Waals surface area contributed by atoms with Crippen LogP contribution in [-0.4, -0.2) is 50.2 Å². The van der Waals surface area contributed by atoms with E-state index in [2.05, 4.69) is 10.1 Å². The Morgan fingerprint density at radius 2 is 2.20 bits per heavy atom. The van der Waals surface area contributed by atoms with Crippen LogP contribution in [-0.2, 0) is 4.79 Å². The molecule has 1 fully saturated rings. The lowest BCUT2D eigenvalue weighted by Crippen LogP contribution is -2.41. The summed E-state index contributed by atoms with van der Waals surface area (Å²) in [4.78, 5) is 17.8. The molecule has 1 aliphatic heterocycles. The Kier molecular flexibility index (Phi) is 3.25. The summed E-state index contributed by atoms with van der Waals surface area (Å²) in [5, 5.41) is 3.98. The van der Waals surface area contributed by atoms with Crippen LogP contribution in [0.3, 0.4) is 0 Å². The quantitative estimate of drug-likeness (QED) is 0.733. The second-order valence-electron chi connectivity index (χ2n) is 3.49. The molecule has 1 saturated heterocycles. The zero-order chi connectivity index (χ0) is 10.7. The molecule has 0 N–H and O–H groups in total. The standard InChI is InChI=1S/C9H14N4OS/c1-8(13-7-10-6-11-13)9(14)12-2-4-15-5-3-12/h6-8H,2-5H2,1H3/t8-/m1/s1. The first-order valence-corrected chi connectivity index (χ1v) is 6.15. The van der Waals surface area contributed by atoms with Crippen LogP contribution in [0.25, 0.3) is 0 Å². The minimum absolute atomic E-state index is 0.140. The highest BCUT2D eigenvalue weighted by molar-refractivity contribution is 7.99. The maximum Gasteiger partial charge on any atom is 0.247 e. The van der Waals surface area contributed by atoms with E-state index in [-0.39, 0.29) is 11.9 Å². The van der Waals surface area contributed by atoms with Gasteiger partial charge in [0.1, 0.15) is 18.7 Å². The van der Waals surface area contributed by atoms with Gasteiger partial charge in [0.25, 0.3) is 0 Å². The number of rotatable bonds is 2. The zero-order valence-electron chi connectivity index (χ0n) is 8.67. The summed E-state index contributed by atoms with van der Waals surface area (Å²) in [5.41, 5.74) is 0. The van der Waals surface area contributed by atoms with Gasteiger partial charge in [-0.3, -0.25) is 4.79 Å². The van der Waals surface area contributed by atoms with Crippen LogP contribution < -0.4 is 0 Å². The Hall–Kier alpha value is -1.04. The van der Waals surface area contributed by atoms with Gasteiger partial charge in [0.2, 0.25) is 5.91 Å². The molecule has 0 unspecified atom stereocenters. The summed E-state index contributed by atoms with van der Waals surface area (Å²) in [5.74, 6) is 2.21. The molecular weight excluding hydrogens is 212 g/mol. The van der Waals surface area contributed by atoms with E-state index < -0.39 is 0 Å². The Labute approximate surface area is 92.9 Å². The van der Waals surface area contributed by atoms with Crippen molar-refractivity contribution >= 4 is 17.7 Å². The van der Waals surface area contributed by atoms with E-state index in [4.69, 9.17) is 0 Å². The normalized spacial score (nSPS) is 18.9. The number of aromatic nitrogens is 3. The molecule has 5 nitrogen and oxygen atoms in total. The van der Waals surface area contributed by atoms with Gasteiger partial charge in [-0.1, -0.05) is 0 Å². The first-order valence-electron chi connectivity index (χ1n) is 4.99. The average Bonchev–Trinajstić information content (AvgIpc) is 2.82. The molecule has 0 aliphatic carbocycles.